The van der Waals surface area contributed by atoms with Crippen molar-refractivity contribution < 1.29 is 4.79 Å². The number of carbonyl (C=O) groups excluding carboxylic acids is 1. The summed E-state index contributed by atoms with van der Waals surface area (Å²) in [6, 6.07) is 6.02. The Morgan fingerprint density at radius 1 is 1.16 bits per heavy atom. The highest BCUT2D eigenvalue weighted by molar-refractivity contribution is 5.99. The standard InChI is InChI=1S/C20H28N4O/c1-20(2,3)14-22-10-12-23(13-11-22)19(25)17-16-6-4-5-9-24(16)18(21-17)15-7-8-15/h4-6,9,15H,7-8,10-14H2,1-3H3. The lowest BCUT2D eigenvalue weighted by molar-refractivity contribution is 0.0589. The third-order valence-electron chi connectivity index (χ3n) is 5.08. The molecule has 0 unspecified atom stereocenters. The fourth-order valence-electron chi connectivity index (χ4n) is 3.78. The van der Waals surface area contributed by atoms with Crippen molar-refractivity contribution in [3.63, 3.8) is 0 Å². The molecule has 1 amide bonds. The number of carbonyl (C=O) groups is 1. The Bertz CT molecular complexity index is 777. The summed E-state index contributed by atoms with van der Waals surface area (Å²) in [5.41, 5.74) is 1.88. The van der Waals surface area contributed by atoms with E-state index in [2.05, 4.69) is 30.1 Å². The van der Waals surface area contributed by atoms with Crippen molar-refractivity contribution in [3.05, 3.63) is 35.9 Å². The van der Waals surface area contributed by atoms with E-state index < -0.39 is 0 Å². The molecule has 0 spiro atoms. The van der Waals surface area contributed by atoms with Gasteiger partial charge in [-0.05, 0) is 30.4 Å². The monoisotopic (exact) mass is 340 g/mol. The third-order valence-corrected chi connectivity index (χ3v) is 5.08. The Hall–Kier alpha value is -1.88. The van der Waals surface area contributed by atoms with E-state index >= 15 is 0 Å². The summed E-state index contributed by atoms with van der Waals surface area (Å²) in [7, 11) is 0. The van der Waals surface area contributed by atoms with E-state index in [9.17, 15) is 4.79 Å². The Labute approximate surface area is 149 Å². The van der Waals surface area contributed by atoms with Crippen molar-refractivity contribution in [3.8, 4) is 0 Å². The Morgan fingerprint density at radius 2 is 1.88 bits per heavy atom. The molecule has 25 heavy (non-hydrogen) atoms. The minimum absolute atomic E-state index is 0.0889. The second kappa shape index (κ2) is 6.13. The number of hydrogen-bond donors (Lipinski definition) is 0. The number of hydrogen-bond acceptors (Lipinski definition) is 3. The molecule has 3 heterocycles. The van der Waals surface area contributed by atoms with Crippen LogP contribution in [0, 0.1) is 5.41 Å². The lowest BCUT2D eigenvalue weighted by atomic mass is 9.96. The van der Waals surface area contributed by atoms with Crippen molar-refractivity contribution >= 4 is 11.4 Å². The van der Waals surface area contributed by atoms with Gasteiger partial charge in [-0.15, -0.1) is 0 Å². The van der Waals surface area contributed by atoms with Crippen molar-refractivity contribution in [2.45, 2.75) is 39.5 Å². The van der Waals surface area contributed by atoms with E-state index in [0.29, 0.717) is 17.0 Å². The van der Waals surface area contributed by atoms with Crippen LogP contribution in [-0.2, 0) is 0 Å². The number of aromatic nitrogens is 2. The topological polar surface area (TPSA) is 40.8 Å². The van der Waals surface area contributed by atoms with Gasteiger partial charge in [0, 0.05) is 44.8 Å². The van der Waals surface area contributed by atoms with Crippen molar-refractivity contribution in [2.24, 2.45) is 5.41 Å². The lowest BCUT2D eigenvalue weighted by Crippen LogP contribution is -2.50. The highest BCUT2D eigenvalue weighted by atomic mass is 16.2. The molecular formula is C20H28N4O. The molecule has 5 nitrogen and oxygen atoms in total. The van der Waals surface area contributed by atoms with E-state index in [1.807, 2.05) is 29.3 Å². The number of fused-ring (bicyclic) bond motifs is 1. The smallest absolute Gasteiger partial charge is 0.274 e. The summed E-state index contributed by atoms with van der Waals surface area (Å²) in [5, 5.41) is 0. The second-order valence-electron chi connectivity index (χ2n) is 8.68. The molecule has 1 aliphatic carbocycles. The fraction of sp³-hybridized carbons (Fsp3) is 0.600. The molecular weight excluding hydrogens is 312 g/mol. The zero-order valence-electron chi connectivity index (χ0n) is 15.5. The molecule has 5 heteroatoms. The van der Waals surface area contributed by atoms with Crippen LogP contribution in [0.15, 0.2) is 24.4 Å². The maximum absolute atomic E-state index is 13.1. The molecule has 4 rings (SSSR count). The molecule has 134 valence electrons. The minimum atomic E-state index is 0.0889. The largest absolute Gasteiger partial charge is 0.335 e. The average Bonchev–Trinajstić information content (AvgIpc) is 3.34. The molecule has 2 fully saturated rings. The van der Waals surface area contributed by atoms with Gasteiger partial charge in [-0.3, -0.25) is 9.69 Å². The number of pyridine rings is 1. The summed E-state index contributed by atoms with van der Waals surface area (Å²) in [5.74, 6) is 1.68. The number of piperazine rings is 1. The van der Waals surface area contributed by atoms with Crippen LogP contribution < -0.4 is 0 Å². The van der Waals surface area contributed by atoms with Crippen LogP contribution in [0.4, 0.5) is 0 Å². The van der Waals surface area contributed by atoms with Gasteiger partial charge in [0.2, 0.25) is 0 Å². The first-order valence-corrected chi connectivity index (χ1v) is 9.41. The van der Waals surface area contributed by atoms with Crippen molar-refractivity contribution in [1.82, 2.24) is 19.2 Å². The number of rotatable bonds is 3. The molecule has 1 aliphatic heterocycles. The van der Waals surface area contributed by atoms with Gasteiger partial charge < -0.3 is 9.30 Å². The van der Waals surface area contributed by atoms with E-state index in [0.717, 1.165) is 44.1 Å². The lowest BCUT2D eigenvalue weighted by Gasteiger charge is -2.37. The van der Waals surface area contributed by atoms with E-state index in [1.54, 1.807) is 0 Å². The van der Waals surface area contributed by atoms with Gasteiger partial charge in [0.1, 0.15) is 5.82 Å². The number of amides is 1. The highest BCUT2D eigenvalue weighted by Crippen LogP contribution is 2.40. The normalized spacial score (nSPS) is 19.6. The van der Waals surface area contributed by atoms with Gasteiger partial charge in [-0.1, -0.05) is 26.8 Å². The van der Waals surface area contributed by atoms with Gasteiger partial charge >= 0.3 is 0 Å². The summed E-state index contributed by atoms with van der Waals surface area (Å²) < 4.78 is 2.11. The van der Waals surface area contributed by atoms with Gasteiger partial charge in [0.05, 0.1) is 5.52 Å². The van der Waals surface area contributed by atoms with Gasteiger partial charge in [-0.2, -0.15) is 0 Å². The molecule has 0 aromatic carbocycles. The summed E-state index contributed by atoms with van der Waals surface area (Å²) in [6.07, 6.45) is 4.41. The first-order valence-electron chi connectivity index (χ1n) is 9.41. The van der Waals surface area contributed by atoms with Gasteiger partial charge in [-0.25, -0.2) is 4.98 Å². The van der Waals surface area contributed by atoms with E-state index in [4.69, 9.17) is 4.98 Å². The van der Waals surface area contributed by atoms with Gasteiger partial charge in [0.15, 0.2) is 5.69 Å². The zero-order valence-corrected chi connectivity index (χ0v) is 15.5. The quantitative estimate of drug-likeness (QED) is 0.862. The maximum atomic E-state index is 13.1. The van der Waals surface area contributed by atoms with E-state index in [-0.39, 0.29) is 5.91 Å². The van der Waals surface area contributed by atoms with E-state index in [1.165, 1.54) is 12.8 Å². The zero-order chi connectivity index (χ0) is 17.6. The Kier molecular flexibility index (Phi) is 4.07. The summed E-state index contributed by atoms with van der Waals surface area (Å²) in [6.45, 7) is 11.4. The summed E-state index contributed by atoms with van der Waals surface area (Å²) >= 11 is 0. The Balaban J connectivity index is 1.52. The van der Waals surface area contributed by atoms with Crippen LogP contribution in [0.5, 0.6) is 0 Å². The molecule has 0 radical (unpaired) electrons. The van der Waals surface area contributed by atoms with Crippen molar-refractivity contribution in [2.75, 3.05) is 32.7 Å². The fourth-order valence-corrected chi connectivity index (χ4v) is 3.78. The molecule has 2 aromatic heterocycles. The maximum Gasteiger partial charge on any atom is 0.274 e. The third kappa shape index (κ3) is 3.43. The molecule has 0 bridgehead atoms. The van der Waals surface area contributed by atoms with Crippen LogP contribution >= 0.6 is 0 Å². The predicted octanol–water partition coefficient (Wildman–Crippen LogP) is 3.02. The van der Waals surface area contributed by atoms with Gasteiger partial charge in [0.25, 0.3) is 5.91 Å². The molecule has 0 N–H and O–H groups in total. The van der Waals surface area contributed by atoms with Crippen LogP contribution in [0.1, 0.15) is 55.8 Å². The predicted molar refractivity (Wildman–Crippen MR) is 99.0 cm³/mol. The number of imidazole rings is 1. The summed E-state index contributed by atoms with van der Waals surface area (Å²) in [4.78, 5) is 22.3. The highest BCUT2D eigenvalue weighted by Gasteiger charge is 2.32. The molecule has 2 aliphatic rings. The molecule has 1 saturated carbocycles. The van der Waals surface area contributed by atoms with Crippen LogP contribution in [0.25, 0.3) is 5.52 Å². The average molecular weight is 340 g/mol. The van der Waals surface area contributed by atoms with Crippen LogP contribution in [-0.4, -0.2) is 57.8 Å². The van der Waals surface area contributed by atoms with Crippen LogP contribution in [0.2, 0.25) is 0 Å². The molecule has 0 atom stereocenters. The number of nitrogens with zero attached hydrogens (tertiary/aromatic N) is 4. The van der Waals surface area contributed by atoms with Crippen LogP contribution in [0.3, 0.4) is 0 Å². The molecule has 1 saturated heterocycles. The first kappa shape index (κ1) is 16.6. The minimum Gasteiger partial charge on any atom is -0.335 e. The first-order chi connectivity index (χ1) is 11.9. The second-order valence-corrected chi connectivity index (χ2v) is 8.68. The SMILES string of the molecule is CC(C)(C)CN1CCN(C(=O)c2nc(C3CC3)n3ccccc23)CC1. The molecule has 2 aromatic rings. The van der Waals surface area contributed by atoms with Crippen molar-refractivity contribution in [1.29, 1.82) is 0 Å². The Morgan fingerprint density at radius 3 is 2.52 bits per heavy atom.